The third kappa shape index (κ3) is 23.1. The molecule has 36 valence electrons. The first-order chi connectivity index (χ1) is 0. The van der Waals surface area contributed by atoms with E-state index in [-0.39, 0.29) is 76.1 Å². The van der Waals surface area contributed by atoms with Crippen LogP contribution in [0.25, 0.3) is 0 Å². The topological polar surface area (TPSA) is 0 Å². The summed E-state index contributed by atoms with van der Waals surface area (Å²) in [6.07, 6.45) is 0. The second-order valence-electron chi connectivity index (χ2n) is 0. The molecule has 0 amide bonds. The molecule has 0 aliphatic carbocycles. The maximum atomic E-state index is 0. The summed E-state index contributed by atoms with van der Waals surface area (Å²) in [7, 11) is 0. The molecule has 0 unspecified atom stereocenters. The molecule has 0 fully saturated rings. The van der Waals surface area contributed by atoms with E-state index in [1.165, 1.54) is 0 Å². The SMILES string of the molecule is [AlH3].[B].[Co].[Fe].[Ni]. The maximum Gasteiger partial charge on any atom is 0.187 e. The fourth-order valence-corrected chi connectivity index (χ4v) is 0. The quantitative estimate of drug-likeness (QED) is 0.427. The molecule has 0 saturated heterocycles. The van der Waals surface area contributed by atoms with Crippen molar-refractivity contribution >= 4 is 25.8 Å². The minimum absolute atomic E-state index is 0. The van der Waals surface area contributed by atoms with Crippen molar-refractivity contribution in [2.45, 2.75) is 0 Å². The van der Waals surface area contributed by atoms with Gasteiger partial charge in [-0.25, -0.2) is 0 Å². The molecule has 0 aromatic rings. The van der Waals surface area contributed by atoms with E-state index < -0.39 is 0 Å². The van der Waals surface area contributed by atoms with E-state index in [1.807, 2.05) is 0 Å². The molecule has 0 aromatic carbocycles. The van der Waals surface area contributed by atoms with Crippen LogP contribution in [0.2, 0.25) is 0 Å². The molecule has 5 heteroatoms. The molecule has 0 atom stereocenters. The molecule has 0 N–H and O–H groups in total. The van der Waals surface area contributed by atoms with Crippen LogP contribution in [0.4, 0.5) is 0 Å². The zero-order chi connectivity index (χ0) is 0. The van der Waals surface area contributed by atoms with Crippen LogP contribution in [0.1, 0.15) is 0 Å². The minimum atomic E-state index is 0. The van der Waals surface area contributed by atoms with Crippen molar-refractivity contribution in [3.8, 4) is 0 Å². The summed E-state index contributed by atoms with van der Waals surface area (Å²) in [5.74, 6) is 0. The van der Waals surface area contributed by atoms with Crippen LogP contribution in [0.15, 0.2) is 0 Å². The molecule has 0 heterocycles. The molecule has 0 nitrogen and oxygen atoms in total. The van der Waals surface area contributed by atoms with Crippen molar-refractivity contribution in [1.82, 2.24) is 0 Å². The monoisotopic (exact) mass is 214 g/mol. The molecule has 0 aliphatic rings. The van der Waals surface area contributed by atoms with Crippen LogP contribution in [-0.4, -0.2) is 25.8 Å². The average Bonchev–Trinajstić information content (AvgIpc) is 0. The third-order valence-electron chi connectivity index (χ3n) is 0. The molecular formula is H3AlBCoFeNi. The van der Waals surface area contributed by atoms with E-state index in [4.69, 9.17) is 0 Å². The predicted molar refractivity (Wildman–Crippen MR) is 15.7 cm³/mol. The fraction of sp³-hybridized carbons (Fsp3) is 0. The first-order valence-corrected chi connectivity index (χ1v) is 0. The molecule has 0 aromatic heterocycles. The second kappa shape index (κ2) is 35.7. The van der Waals surface area contributed by atoms with Gasteiger partial charge in [-0.1, -0.05) is 0 Å². The van der Waals surface area contributed by atoms with E-state index in [1.54, 1.807) is 0 Å². The summed E-state index contributed by atoms with van der Waals surface area (Å²) in [5.41, 5.74) is 0. The summed E-state index contributed by atoms with van der Waals surface area (Å²) < 4.78 is 0. The van der Waals surface area contributed by atoms with Crippen molar-refractivity contribution in [3.63, 3.8) is 0 Å². The van der Waals surface area contributed by atoms with Gasteiger partial charge in [0.1, 0.15) is 0 Å². The number of rotatable bonds is 0. The van der Waals surface area contributed by atoms with Crippen LogP contribution in [0, 0.1) is 0 Å². The first-order valence-electron chi connectivity index (χ1n) is 0. The van der Waals surface area contributed by atoms with Gasteiger partial charge in [-0.3, -0.25) is 0 Å². The van der Waals surface area contributed by atoms with Gasteiger partial charge in [0.2, 0.25) is 0 Å². The zero-order valence-electron chi connectivity index (χ0n) is 1.58. The van der Waals surface area contributed by atoms with Gasteiger partial charge < -0.3 is 0 Å². The van der Waals surface area contributed by atoms with Gasteiger partial charge in [0, 0.05) is 58.8 Å². The van der Waals surface area contributed by atoms with Crippen LogP contribution in [-0.2, 0) is 50.3 Å². The van der Waals surface area contributed by atoms with Gasteiger partial charge in [0.25, 0.3) is 0 Å². The largest absolute Gasteiger partial charge is 0.187 e. The Kier molecular flexibility index (Phi) is 425. The Hall–Kier alpha value is 2.12. The molecule has 4 radical (unpaired) electrons. The molecule has 5 heavy (non-hydrogen) atoms. The summed E-state index contributed by atoms with van der Waals surface area (Å²) in [6.45, 7) is 0. The van der Waals surface area contributed by atoms with Gasteiger partial charge >= 0.3 is 0 Å². The van der Waals surface area contributed by atoms with Gasteiger partial charge in [0.05, 0.1) is 0 Å². The summed E-state index contributed by atoms with van der Waals surface area (Å²) in [5, 5.41) is 0. The smallest absolute Gasteiger partial charge is 0 e. The van der Waals surface area contributed by atoms with Gasteiger partial charge in [0.15, 0.2) is 17.4 Å². The van der Waals surface area contributed by atoms with Gasteiger partial charge in [-0.15, -0.1) is 0 Å². The van der Waals surface area contributed by atoms with Crippen LogP contribution in [0.3, 0.4) is 0 Å². The normalized spacial score (nSPS) is 0. The Balaban J connectivity index is 0. The van der Waals surface area contributed by atoms with Crippen molar-refractivity contribution < 1.29 is 50.3 Å². The molecule has 0 rings (SSSR count). The Labute approximate surface area is 75.5 Å². The summed E-state index contributed by atoms with van der Waals surface area (Å²) in [4.78, 5) is 0. The zero-order valence-corrected chi connectivity index (χ0v) is 4.71. The van der Waals surface area contributed by atoms with Crippen molar-refractivity contribution in [1.29, 1.82) is 0 Å². The van der Waals surface area contributed by atoms with Crippen LogP contribution >= 0.6 is 0 Å². The van der Waals surface area contributed by atoms with Crippen LogP contribution in [0.5, 0.6) is 0 Å². The number of hydrogen-bond acceptors (Lipinski definition) is 0. The van der Waals surface area contributed by atoms with Crippen molar-refractivity contribution in [2.24, 2.45) is 0 Å². The van der Waals surface area contributed by atoms with E-state index in [2.05, 4.69) is 0 Å². The summed E-state index contributed by atoms with van der Waals surface area (Å²) in [6, 6.07) is 0. The molecular weight excluding hydrogens is 211 g/mol. The van der Waals surface area contributed by atoms with E-state index in [9.17, 15) is 0 Å². The Bertz CT molecular complexity index is 11.6. The van der Waals surface area contributed by atoms with Gasteiger partial charge in [-0.05, 0) is 0 Å². The molecule has 0 spiro atoms. The predicted octanol–water partition coefficient (Wildman–Crippen LogP) is -1.57. The molecule has 0 bridgehead atoms. The Morgan fingerprint density at radius 2 is 1.00 bits per heavy atom. The standard InChI is InChI=1S/Al.B.Co.Fe.Ni.3H. The van der Waals surface area contributed by atoms with Gasteiger partial charge in [-0.2, -0.15) is 0 Å². The summed E-state index contributed by atoms with van der Waals surface area (Å²) >= 11 is 0. The van der Waals surface area contributed by atoms with Crippen molar-refractivity contribution in [2.75, 3.05) is 0 Å². The number of hydrogen-bond donors (Lipinski definition) is 0. The second-order valence-corrected chi connectivity index (χ2v) is 0. The third-order valence-corrected chi connectivity index (χ3v) is 0. The molecule has 0 aliphatic heterocycles. The minimum Gasteiger partial charge on any atom is 0 e. The van der Waals surface area contributed by atoms with Crippen molar-refractivity contribution in [3.05, 3.63) is 0 Å². The first kappa shape index (κ1) is 59.4. The van der Waals surface area contributed by atoms with E-state index in [0.29, 0.717) is 0 Å². The van der Waals surface area contributed by atoms with Crippen LogP contribution < -0.4 is 0 Å². The van der Waals surface area contributed by atoms with E-state index in [0.717, 1.165) is 0 Å². The average molecular weight is 214 g/mol. The fourth-order valence-electron chi connectivity index (χ4n) is 0. The Morgan fingerprint density at radius 3 is 1.00 bits per heavy atom. The van der Waals surface area contributed by atoms with E-state index >= 15 is 0 Å². The maximum absolute atomic E-state index is 0. The Morgan fingerprint density at radius 1 is 1.00 bits per heavy atom. The molecule has 0 saturated carbocycles.